The van der Waals surface area contributed by atoms with E-state index in [1.54, 1.807) is 23.5 Å². The lowest BCUT2D eigenvalue weighted by Crippen LogP contribution is -2.16. The van der Waals surface area contributed by atoms with Crippen LogP contribution in [0.1, 0.15) is 27.1 Å². The maximum Gasteiger partial charge on any atom is 0.126 e. The summed E-state index contributed by atoms with van der Waals surface area (Å²) in [6.45, 7) is 4.48. The van der Waals surface area contributed by atoms with E-state index in [1.165, 1.54) is 10.9 Å². The van der Waals surface area contributed by atoms with E-state index in [-0.39, 0.29) is 11.7 Å². The lowest BCUT2D eigenvalue weighted by molar-refractivity contribution is 0.575. The number of aromatic nitrogens is 1. The Morgan fingerprint density at radius 3 is 2.61 bits per heavy atom. The molecule has 2 rings (SSSR count). The summed E-state index contributed by atoms with van der Waals surface area (Å²) in [5.41, 5.74) is 7.52. The summed E-state index contributed by atoms with van der Waals surface area (Å²) >= 11 is 1.67. The van der Waals surface area contributed by atoms with Crippen molar-refractivity contribution in [2.24, 2.45) is 5.73 Å². The number of rotatable bonds is 4. The minimum absolute atomic E-state index is 0.00356. The maximum atomic E-state index is 13.7. The Hall–Kier alpha value is -1.26. The van der Waals surface area contributed by atoms with Gasteiger partial charge in [-0.2, -0.15) is 0 Å². The molecular formula is C14H17FN2S. The second-order valence-corrected chi connectivity index (χ2v) is 5.70. The molecule has 1 unspecified atom stereocenters. The van der Waals surface area contributed by atoms with Gasteiger partial charge in [0.05, 0.1) is 10.7 Å². The fourth-order valence-electron chi connectivity index (χ4n) is 1.96. The number of benzene rings is 1. The van der Waals surface area contributed by atoms with Crippen LogP contribution in [0.25, 0.3) is 0 Å². The number of halogens is 1. The Morgan fingerprint density at radius 1 is 1.33 bits per heavy atom. The largest absolute Gasteiger partial charge is 0.330 e. The fourth-order valence-corrected chi connectivity index (χ4v) is 2.98. The van der Waals surface area contributed by atoms with Crippen molar-refractivity contribution in [3.8, 4) is 0 Å². The van der Waals surface area contributed by atoms with Gasteiger partial charge in [-0.05, 0) is 32.0 Å². The van der Waals surface area contributed by atoms with Crippen molar-refractivity contribution in [3.05, 3.63) is 51.2 Å². The second-order valence-electron chi connectivity index (χ2n) is 4.41. The summed E-state index contributed by atoms with van der Waals surface area (Å²) in [7, 11) is 0. The minimum Gasteiger partial charge on any atom is -0.330 e. The van der Waals surface area contributed by atoms with Crippen molar-refractivity contribution in [2.45, 2.75) is 26.2 Å². The molecule has 0 fully saturated rings. The molecule has 0 amide bonds. The van der Waals surface area contributed by atoms with Crippen LogP contribution in [0.5, 0.6) is 0 Å². The number of nitrogens with zero attached hydrogens (tertiary/aromatic N) is 1. The number of thiazole rings is 1. The van der Waals surface area contributed by atoms with Gasteiger partial charge in [-0.3, -0.25) is 0 Å². The van der Waals surface area contributed by atoms with Gasteiger partial charge in [-0.1, -0.05) is 18.2 Å². The first-order valence-electron chi connectivity index (χ1n) is 5.99. The summed E-state index contributed by atoms with van der Waals surface area (Å²) in [6.07, 6.45) is 0.705. The number of nitrogens with two attached hydrogens (primary N) is 1. The molecular weight excluding hydrogens is 247 g/mol. The summed E-state index contributed by atoms with van der Waals surface area (Å²) in [5, 5.41) is 1.03. The molecule has 0 bridgehead atoms. The van der Waals surface area contributed by atoms with Crippen LogP contribution in [0.2, 0.25) is 0 Å². The predicted molar refractivity (Wildman–Crippen MR) is 73.5 cm³/mol. The molecule has 0 aliphatic carbocycles. The number of hydrogen-bond acceptors (Lipinski definition) is 3. The van der Waals surface area contributed by atoms with Crippen LogP contribution in [0.3, 0.4) is 0 Å². The summed E-state index contributed by atoms with van der Waals surface area (Å²) in [5.74, 6) is -0.186. The zero-order valence-corrected chi connectivity index (χ0v) is 11.4. The molecule has 2 N–H and O–H groups in total. The van der Waals surface area contributed by atoms with E-state index in [4.69, 9.17) is 5.73 Å². The molecule has 96 valence electrons. The highest BCUT2D eigenvalue weighted by Gasteiger charge is 2.16. The van der Waals surface area contributed by atoms with Gasteiger partial charge in [0, 0.05) is 17.2 Å². The SMILES string of the molecule is Cc1nc(CC(CN)c2ccccc2F)sc1C. The molecule has 0 radical (unpaired) electrons. The van der Waals surface area contributed by atoms with E-state index in [1.807, 2.05) is 13.0 Å². The number of hydrogen-bond donors (Lipinski definition) is 1. The van der Waals surface area contributed by atoms with Crippen LogP contribution in [0.4, 0.5) is 4.39 Å². The quantitative estimate of drug-likeness (QED) is 0.921. The van der Waals surface area contributed by atoms with Crippen LogP contribution in [-0.2, 0) is 6.42 Å². The van der Waals surface area contributed by atoms with Gasteiger partial charge < -0.3 is 5.73 Å². The van der Waals surface area contributed by atoms with E-state index >= 15 is 0 Å². The summed E-state index contributed by atoms with van der Waals surface area (Å²) in [6, 6.07) is 6.83. The monoisotopic (exact) mass is 264 g/mol. The van der Waals surface area contributed by atoms with Crippen molar-refractivity contribution in [3.63, 3.8) is 0 Å². The molecule has 1 atom stereocenters. The highest BCUT2D eigenvalue weighted by molar-refractivity contribution is 7.11. The third-order valence-electron chi connectivity index (χ3n) is 3.12. The van der Waals surface area contributed by atoms with Crippen LogP contribution < -0.4 is 5.73 Å². The Kier molecular flexibility index (Phi) is 4.09. The van der Waals surface area contributed by atoms with Crippen molar-refractivity contribution < 1.29 is 4.39 Å². The van der Waals surface area contributed by atoms with E-state index in [0.29, 0.717) is 18.5 Å². The van der Waals surface area contributed by atoms with Crippen molar-refractivity contribution in [2.75, 3.05) is 6.54 Å². The molecule has 0 spiro atoms. The Bertz CT molecular complexity index is 517. The van der Waals surface area contributed by atoms with Crippen LogP contribution >= 0.6 is 11.3 Å². The molecule has 0 aliphatic heterocycles. The van der Waals surface area contributed by atoms with E-state index in [2.05, 4.69) is 11.9 Å². The van der Waals surface area contributed by atoms with Crippen LogP contribution in [0, 0.1) is 19.7 Å². The first-order chi connectivity index (χ1) is 8.61. The lowest BCUT2D eigenvalue weighted by Gasteiger charge is -2.14. The normalized spacial score (nSPS) is 12.7. The first kappa shape index (κ1) is 13.2. The number of aryl methyl sites for hydroxylation is 2. The standard InChI is InChI=1S/C14H17FN2S/c1-9-10(2)18-14(17-9)7-11(8-16)12-5-3-4-6-13(12)15/h3-6,11H,7-8,16H2,1-2H3. The fraction of sp³-hybridized carbons (Fsp3) is 0.357. The van der Waals surface area contributed by atoms with Crippen molar-refractivity contribution in [1.82, 2.24) is 4.98 Å². The molecule has 1 heterocycles. The van der Waals surface area contributed by atoms with Gasteiger partial charge >= 0.3 is 0 Å². The Morgan fingerprint density at radius 2 is 2.06 bits per heavy atom. The third kappa shape index (κ3) is 2.76. The van der Waals surface area contributed by atoms with Crippen molar-refractivity contribution >= 4 is 11.3 Å². The third-order valence-corrected chi connectivity index (χ3v) is 4.22. The zero-order valence-electron chi connectivity index (χ0n) is 10.6. The van der Waals surface area contributed by atoms with Gasteiger partial charge in [-0.15, -0.1) is 11.3 Å². The van der Waals surface area contributed by atoms with Gasteiger partial charge in [-0.25, -0.2) is 9.37 Å². The van der Waals surface area contributed by atoms with Crippen molar-refractivity contribution in [1.29, 1.82) is 0 Å². The van der Waals surface area contributed by atoms with Crippen LogP contribution in [0.15, 0.2) is 24.3 Å². The molecule has 0 saturated heterocycles. The topological polar surface area (TPSA) is 38.9 Å². The zero-order chi connectivity index (χ0) is 13.1. The molecule has 0 saturated carbocycles. The van der Waals surface area contributed by atoms with Gasteiger partial charge in [0.1, 0.15) is 5.82 Å². The van der Waals surface area contributed by atoms with E-state index in [9.17, 15) is 4.39 Å². The van der Waals surface area contributed by atoms with Gasteiger partial charge in [0.15, 0.2) is 0 Å². The van der Waals surface area contributed by atoms with E-state index in [0.717, 1.165) is 10.7 Å². The first-order valence-corrected chi connectivity index (χ1v) is 6.81. The molecule has 0 aliphatic rings. The maximum absolute atomic E-state index is 13.7. The lowest BCUT2D eigenvalue weighted by atomic mass is 9.95. The molecule has 4 heteroatoms. The average molecular weight is 264 g/mol. The molecule has 1 aromatic carbocycles. The molecule has 1 aromatic heterocycles. The molecule has 2 nitrogen and oxygen atoms in total. The minimum atomic E-state index is -0.182. The second kappa shape index (κ2) is 5.59. The average Bonchev–Trinajstić information content (AvgIpc) is 2.66. The summed E-state index contributed by atoms with van der Waals surface area (Å²) < 4.78 is 13.7. The van der Waals surface area contributed by atoms with Gasteiger partial charge in [0.25, 0.3) is 0 Å². The van der Waals surface area contributed by atoms with E-state index < -0.39 is 0 Å². The molecule has 18 heavy (non-hydrogen) atoms. The summed E-state index contributed by atoms with van der Waals surface area (Å²) in [4.78, 5) is 5.71. The Balaban J connectivity index is 2.22. The smallest absolute Gasteiger partial charge is 0.126 e. The van der Waals surface area contributed by atoms with Crippen LogP contribution in [-0.4, -0.2) is 11.5 Å². The highest BCUT2D eigenvalue weighted by Crippen LogP contribution is 2.26. The predicted octanol–water partition coefficient (Wildman–Crippen LogP) is 3.18. The Labute approximate surface area is 111 Å². The highest BCUT2D eigenvalue weighted by atomic mass is 32.1. The molecule has 2 aromatic rings. The van der Waals surface area contributed by atoms with Gasteiger partial charge in [0.2, 0.25) is 0 Å².